The first kappa shape index (κ1) is 16.4. The second-order valence-electron chi connectivity index (χ2n) is 5.48. The summed E-state index contributed by atoms with van der Waals surface area (Å²) in [6.45, 7) is 0. The number of hydrogen-bond acceptors (Lipinski definition) is 0. The molecule has 0 spiro atoms. The third kappa shape index (κ3) is 4.54. The summed E-state index contributed by atoms with van der Waals surface area (Å²) in [6, 6.07) is 32.5. The molecule has 0 amide bonds. The lowest BCUT2D eigenvalue weighted by atomic mass is 10.4. The molecule has 0 atom stereocenters. The molecule has 118 valence electrons. The van der Waals surface area contributed by atoms with Crippen LogP contribution in [-0.2, 0) is 0 Å². The van der Waals surface area contributed by atoms with Crippen LogP contribution in [0.4, 0.5) is 0 Å². The minimum atomic E-state index is -0.877. The molecule has 24 heavy (non-hydrogen) atoms. The summed E-state index contributed by atoms with van der Waals surface area (Å²) < 4.78 is 0. The van der Waals surface area contributed by atoms with E-state index in [9.17, 15) is 0 Å². The Morgan fingerprint density at radius 1 is 0.583 bits per heavy atom. The van der Waals surface area contributed by atoms with Gasteiger partial charge < -0.3 is 0 Å². The Morgan fingerprint density at radius 3 is 1.25 bits per heavy atom. The number of allylic oxidation sites excluding steroid dienone is 4. The Balaban J connectivity index is 0.000000290. The van der Waals surface area contributed by atoms with Crippen molar-refractivity contribution >= 4 is 23.8 Å². The summed E-state index contributed by atoms with van der Waals surface area (Å²) in [7, 11) is -0.877. The highest BCUT2D eigenvalue weighted by Crippen LogP contribution is 2.32. The van der Waals surface area contributed by atoms with Crippen LogP contribution in [0.15, 0.2) is 109 Å². The standard InChI is InChI=1S/C18H15P.C5H5/c1-4-10-16(11-5-1)19(17-12-6-2-7-13-17)18-14-8-3-9-15-18;1-2-4-5-3-1/h1-15H;1-3H,4H2/q;-1/p+1. The molecule has 0 saturated heterocycles. The number of benzene rings is 3. The molecule has 0 heterocycles. The maximum atomic E-state index is 2.99. The van der Waals surface area contributed by atoms with Crippen molar-refractivity contribution in [1.29, 1.82) is 0 Å². The molecule has 0 N–H and O–H groups in total. The van der Waals surface area contributed by atoms with Crippen LogP contribution in [0.25, 0.3) is 0 Å². The van der Waals surface area contributed by atoms with Gasteiger partial charge in [-0.05, 0) is 36.4 Å². The second-order valence-corrected chi connectivity index (χ2v) is 7.96. The van der Waals surface area contributed by atoms with Gasteiger partial charge in [0.05, 0.1) is 7.92 Å². The number of rotatable bonds is 3. The summed E-state index contributed by atoms with van der Waals surface area (Å²) in [5.41, 5.74) is 0. The van der Waals surface area contributed by atoms with Crippen molar-refractivity contribution in [3.05, 3.63) is 115 Å². The smallest absolute Gasteiger partial charge is 0.102 e. The van der Waals surface area contributed by atoms with Crippen molar-refractivity contribution in [3.8, 4) is 0 Å². The molecule has 1 aliphatic carbocycles. The SMILES string of the molecule is [C-]1=CC=CC1.c1ccc([PH+](c2ccccc2)c2ccccc2)cc1. The van der Waals surface area contributed by atoms with Crippen molar-refractivity contribution < 1.29 is 0 Å². The van der Waals surface area contributed by atoms with Gasteiger partial charge in [0.2, 0.25) is 0 Å². The molecule has 3 aromatic rings. The molecular weight excluding hydrogens is 307 g/mol. The zero-order valence-electron chi connectivity index (χ0n) is 13.6. The third-order valence-corrected chi connectivity index (χ3v) is 6.51. The Morgan fingerprint density at radius 2 is 1.00 bits per heavy atom. The van der Waals surface area contributed by atoms with Crippen LogP contribution >= 0.6 is 7.92 Å². The van der Waals surface area contributed by atoms with E-state index in [2.05, 4.69) is 103 Å². The van der Waals surface area contributed by atoms with Crippen LogP contribution in [0.2, 0.25) is 0 Å². The van der Waals surface area contributed by atoms with E-state index in [-0.39, 0.29) is 0 Å². The van der Waals surface area contributed by atoms with Crippen molar-refractivity contribution in [2.24, 2.45) is 0 Å². The molecule has 0 radical (unpaired) electrons. The van der Waals surface area contributed by atoms with Gasteiger partial charge in [-0.15, -0.1) is 6.42 Å². The molecule has 3 aromatic carbocycles. The number of hydrogen-bond donors (Lipinski definition) is 0. The lowest BCUT2D eigenvalue weighted by Crippen LogP contribution is -2.20. The van der Waals surface area contributed by atoms with Crippen molar-refractivity contribution in [2.45, 2.75) is 6.42 Å². The van der Waals surface area contributed by atoms with Crippen LogP contribution in [0, 0.1) is 6.08 Å². The monoisotopic (exact) mass is 328 g/mol. The van der Waals surface area contributed by atoms with Gasteiger partial charge in [0.25, 0.3) is 0 Å². The summed E-state index contributed by atoms with van der Waals surface area (Å²) in [4.78, 5) is 0. The maximum Gasteiger partial charge on any atom is 0.102 e. The van der Waals surface area contributed by atoms with E-state index < -0.39 is 7.92 Å². The average molecular weight is 328 g/mol. The molecule has 0 nitrogen and oxygen atoms in total. The zero-order chi connectivity index (χ0) is 16.5. The molecule has 0 saturated carbocycles. The molecule has 0 aliphatic heterocycles. The minimum Gasteiger partial charge on any atom is -0.273 e. The van der Waals surface area contributed by atoms with Gasteiger partial charge in [-0.1, -0.05) is 54.6 Å². The van der Waals surface area contributed by atoms with Crippen LogP contribution in [0.3, 0.4) is 0 Å². The quantitative estimate of drug-likeness (QED) is 0.491. The highest BCUT2D eigenvalue weighted by Gasteiger charge is 2.24. The first-order valence-electron chi connectivity index (χ1n) is 8.20. The van der Waals surface area contributed by atoms with E-state index in [1.807, 2.05) is 12.2 Å². The summed E-state index contributed by atoms with van der Waals surface area (Å²) in [6.07, 6.45) is 10.0. The predicted octanol–water partition coefficient (Wildman–Crippen LogP) is 4.48. The fourth-order valence-corrected chi connectivity index (χ4v) is 5.23. The van der Waals surface area contributed by atoms with Gasteiger partial charge in [-0.3, -0.25) is 6.08 Å². The van der Waals surface area contributed by atoms with Crippen LogP contribution in [0.5, 0.6) is 0 Å². The fraction of sp³-hybridized carbons (Fsp3) is 0.0435. The Hall–Kier alpha value is -2.43. The average Bonchev–Trinajstić information content (AvgIpc) is 3.25. The van der Waals surface area contributed by atoms with Gasteiger partial charge in [-0.2, -0.15) is 6.08 Å². The largest absolute Gasteiger partial charge is 0.273 e. The van der Waals surface area contributed by atoms with E-state index in [1.165, 1.54) is 15.9 Å². The molecule has 0 unspecified atom stereocenters. The van der Waals surface area contributed by atoms with E-state index in [1.54, 1.807) is 0 Å². The van der Waals surface area contributed by atoms with Gasteiger partial charge in [-0.25, -0.2) is 12.2 Å². The lowest BCUT2D eigenvalue weighted by Gasteiger charge is -2.10. The molecule has 0 bridgehead atoms. The zero-order valence-corrected chi connectivity index (χ0v) is 14.6. The first-order chi connectivity index (χ1) is 11.9. The fourth-order valence-electron chi connectivity index (χ4n) is 2.65. The first-order valence-corrected chi connectivity index (χ1v) is 9.70. The summed E-state index contributed by atoms with van der Waals surface area (Å²) >= 11 is 0. The van der Waals surface area contributed by atoms with Crippen molar-refractivity contribution in [1.82, 2.24) is 0 Å². The van der Waals surface area contributed by atoms with Crippen LogP contribution < -0.4 is 15.9 Å². The molecule has 1 aliphatic rings. The van der Waals surface area contributed by atoms with E-state index in [4.69, 9.17) is 0 Å². The Labute approximate surface area is 145 Å². The normalized spacial score (nSPS) is 12.0. The van der Waals surface area contributed by atoms with E-state index >= 15 is 0 Å². The van der Waals surface area contributed by atoms with Gasteiger partial charge in [0.15, 0.2) is 0 Å². The van der Waals surface area contributed by atoms with Crippen LogP contribution in [0.1, 0.15) is 6.42 Å². The Kier molecular flexibility index (Phi) is 6.17. The molecule has 1 heteroatoms. The third-order valence-electron chi connectivity index (χ3n) is 3.77. The second kappa shape index (κ2) is 9.01. The van der Waals surface area contributed by atoms with Crippen molar-refractivity contribution in [2.75, 3.05) is 0 Å². The highest BCUT2D eigenvalue weighted by molar-refractivity contribution is 7.79. The van der Waals surface area contributed by atoms with E-state index in [0.717, 1.165) is 6.42 Å². The molecule has 0 fully saturated rings. The van der Waals surface area contributed by atoms with Gasteiger partial charge in [0, 0.05) is 0 Å². The topological polar surface area (TPSA) is 0 Å². The highest BCUT2D eigenvalue weighted by atomic mass is 31.1. The lowest BCUT2D eigenvalue weighted by molar-refractivity contribution is 1.40. The molecular formula is C23H21P. The van der Waals surface area contributed by atoms with Gasteiger partial charge >= 0.3 is 0 Å². The van der Waals surface area contributed by atoms with Gasteiger partial charge in [0.1, 0.15) is 15.9 Å². The predicted molar refractivity (Wildman–Crippen MR) is 108 cm³/mol. The van der Waals surface area contributed by atoms with Crippen molar-refractivity contribution in [3.63, 3.8) is 0 Å². The van der Waals surface area contributed by atoms with Crippen LogP contribution in [-0.4, -0.2) is 0 Å². The Bertz CT molecular complexity index is 670. The van der Waals surface area contributed by atoms with E-state index in [0.29, 0.717) is 0 Å². The molecule has 4 rings (SSSR count). The summed E-state index contributed by atoms with van der Waals surface area (Å²) in [5, 5.41) is 4.31. The molecule has 0 aromatic heterocycles. The maximum absolute atomic E-state index is 2.99. The minimum absolute atomic E-state index is 0.877. The summed E-state index contributed by atoms with van der Waals surface area (Å²) in [5.74, 6) is 0.